The van der Waals surface area contributed by atoms with Crippen molar-refractivity contribution in [2.24, 2.45) is 0 Å². The lowest BCUT2D eigenvalue weighted by Gasteiger charge is -2.33. The number of nitrogens with zero attached hydrogens (tertiary/aromatic N) is 3. The molecule has 6 heteroatoms. The lowest BCUT2D eigenvalue weighted by Crippen LogP contribution is -2.31. The Bertz CT molecular complexity index is 893. The Kier molecular flexibility index (Phi) is 3.65. The second kappa shape index (κ2) is 5.98. The van der Waals surface area contributed by atoms with Crippen LogP contribution in [0.5, 0.6) is 0 Å². The fourth-order valence-corrected chi connectivity index (χ4v) is 3.33. The number of methoxy groups -OCH3 is 1. The maximum absolute atomic E-state index is 11.9. The summed E-state index contributed by atoms with van der Waals surface area (Å²) in [5.74, 6) is -0.447. The van der Waals surface area contributed by atoms with Crippen molar-refractivity contribution >= 4 is 12.0 Å². The molecule has 1 N–H and O–H groups in total. The Morgan fingerprint density at radius 1 is 1.16 bits per heavy atom. The van der Waals surface area contributed by atoms with Crippen LogP contribution in [-0.4, -0.2) is 33.2 Å². The molecule has 0 bridgehead atoms. The molecule has 6 nitrogen and oxygen atoms in total. The number of carbonyl (C=O) groups excluding carboxylic acids is 1. The number of carbonyl (C=O) groups is 1. The summed E-state index contributed by atoms with van der Waals surface area (Å²) >= 11 is 0. The molecule has 124 valence electrons. The van der Waals surface area contributed by atoms with E-state index in [0.29, 0.717) is 12.1 Å². The maximum atomic E-state index is 11.9. The predicted molar refractivity (Wildman–Crippen MR) is 91.9 cm³/mol. The quantitative estimate of drug-likeness (QED) is 0.746. The van der Waals surface area contributed by atoms with Crippen LogP contribution in [0.4, 0.5) is 0 Å². The highest BCUT2D eigenvalue weighted by atomic mass is 16.5. The van der Waals surface area contributed by atoms with Gasteiger partial charge in [-0.1, -0.05) is 24.3 Å². The van der Waals surface area contributed by atoms with E-state index in [9.17, 15) is 4.79 Å². The summed E-state index contributed by atoms with van der Waals surface area (Å²) in [6.07, 6.45) is 11.9. The van der Waals surface area contributed by atoms with Crippen LogP contribution in [0, 0.1) is 0 Å². The molecule has 3 aromatic heterocycles. The van der Waals surface area contributed by atoms with E-state index in [-0.39, 0.29) is 0 Å². The first-order valence-corrected chi connectivity index (χ1v) is 7.90. The fourth-order valence-electron chi connectivity index (χ4n) is 3.33. The van der Waals surface area contributed by atoms with E-state index < -0.39 is 11.4 Å². The molecule has 3 aromatic rings. The van der Waals surface area contributed by atoms with E-state index in [1.807, 2.05) is 42.7 Å². The molecular formula is C19H16N4O2. The Morgan fingerprint density at radius 3 is 2.40 bits per heavy atom. The fraction of sp³-hybridized carbons (Fsp3) is 0.158. The first-order valence-electron chi connectivity index (χ1n) is 7.90. The van der Waals surface area contributed by atoms with Crippen LogP contribution in [0.3, 0.4) is 0 Å². The summed E-state index contributed by atoms with van der Waals surface area (Å²) in [4.78, 5) is 20.4. The van der Waals surface area contributed by atoms with Crippen LogP contribution >= 0.6 is 0 Å². The van der Waals surface area contributed by atoms with Gasteiger partial charge in [0.15, 0.2) is 5.69 Å². The van der Waals surface area contributed by atoms with Gasteiger partial charge in [0, 0.05) is 47.9 Å². The molecule has 25 heavy (non-hydrogen) atoms. The van der Waals surface area contributed by atoms with Crippen molar-refractivity contribution in [3.05, 3.63) is 83.2 Å². The molecule has 4 rings (SSSR count). The van der Waals surface area contributed by atoms with Gasteiger partial charge in [0.2, 0.25) is 0 Å². The zero-order valence-corrected chi connectivity index (χ0v) is 13.6. The summed E-state index contributed by atoms with van der Waals surface area (Å²) in [5.41, 5.74) is 3.65. The standard InChI is InChI=1S/C19H16N4O2/c1-25-18(24)17-15-6-7-19(10-16(15)22-23-17,13-4-2-8-20-11-13)14-5-3-9-21-12-14/h2-9,11-12H,10H2,1H3,(H,22,23). The molecule has 0 fully saturated rings. The second-order valence-electron chi connectivity index (χ2n) is 5.92. The minimum atomic E-state index is -0.447. The molecule has 0 saturated carbocycles. The first kappa shape index (κ1) is 15.3. The maximum Gasteiger partial charge on any atom is 0.359 e. The molecule has 0 amide bonds. The number of nitrogens with one attached hydrogen (secondary N) is 1. The van der Waals surface area contributed by atoms with Gasteiger partial charge in [-0.25, -0.2) is 4.79 Å². The summed E-state index contributed by atoms with van der Waals surface area (Å²) in [5, 5.41) is 7.13. The molecule has 0 atom stereocenters. The van der Waals surface area contributed by atoms with Gasteiger partial charge < -0.3 is 4.74 Å². The Labute approximate surface area is 144 Å². The number of allylic oxidation sites excluding steroid dienone is 1. The highest BCUT2D eigenvalue weighted by molar-refractivity contribution is 5.92. The number of fused-ring (bicyclic) bond motifs is 1. The summed E-state index contributed by atoms with van der Waals surface area (Å²) in [6.45, 7) is 0. The summed E-state index contributed by atoms with van der Waals surface area (Å²) in [6, 6.07) is 7.94. The number of ether oxygens (including phenoxy) is 1. The summed E-state index contributed by atoms with van der Waals surface area (Å²) < 4.78 is 4.81. The molecule has 0 saturated heterocycles. The van der Waals surface area contributed by atoms with E-state index in [4.69, 9.17) is 4.74 Å². The van der Waals surface area contributed by atoms with Crippen molar-refractivity contribution in [3.8, 4) is 0 Å². The monoisotopic (exact) mass is 332 g/mol. The largest absolute Gasteiger partial charge is 0.464 e. The predicted octanol–water partition coefficient (Wildman–Crippen LogP) is 2.54. The normalized spacial score (nSPS) is 14.8. The number of rotatable bonds is 3. The number of esters is 1. The van der Waals surface area contributed by atoms with Crippen molar-refractivity contribution in [2.45, 2.75) is 11.8 Å². The molecule has 0 aliphatic heterocycles. The van der Waals surface area contributed by atoms with E-state index >= 15 is 0 Å². The van der Waals surface area contributed by atoms with Crippen molar-refractivity contribution in [1.82, 2.24) is 20.2 Å². The highest BCUT2D eigenvalue weighted by Gasteiger charge is 2.37. The van der Waals surface area contributed by atoms with Crippen LogP contribution in [0.15, 0.2) is 55.1 Å². The third-order valence-electron chi connectivity index (χ3n) is 4.61. The van der Waals surface area contributed by atoms with Gasteiger partial charge in [0.05, 0.1) is 7.11 Å². The van der Waals surface area contributed by atoms with E-state index in [0.717, 1.165) is 22.4 Å². The van der Waals surface area contributed by atoms with Gasteiger partial charge in [-0.2, -0.15) is 5.10 Å². The molecule has 0 aromatic carbocycles. The van der Waals surface area contributed by atoms with Crippen LogP contribution in [-0.2, 0) is 16.6 Å². The molecule has 3 heterocycles. The van der Waals surface area contributed by atoms with E-state index in [1.54, 1.807) is 12.4 Å². The molecule has 1 aliphatic carbocycles. The number of aromatic nitrogens is 4. The van der Waals surface area contributed by atoms with Gasteiger partial charge in [0.1, 0.15) is 0 Å². The van der Waals surface area contributed by atoms with Crippen molar-refractivity contribution in [2.75, 3.05) is 7.11 Å². The van der Waals surface area contributed by atoms with Crippen molar-refractivity contribution in [1.29, 1.82) is 0 Å². The van der Waals surface area contributed by atoms with E-state index in [1.165, 1.54) is 7.11 Å². The van der Waals surface area contributed by atoms with Gasteiger partial charge in [-0.3, -0.25) is 15.1 Å². The third kappa shape index (κ3) is 2.42. The molecule has 0 radical (unpaired) electrons. The molecular weight excluding hydrogens is 316 g/mol. The van der Waals surface area contributed by atoms with Crippen LogP contribution in [0.25, 0.3) is 6.08 Å². The zero-order chi connectivity index (χ0) is 17.3. The average Bonchev–Trinajstić information content (AvgIpc) is 3.11. The van der Waals surface area contributed by atoms with Crippen molar-refractivity contribution in [3.63, 3.8) is 0 Å². The number of hydrogen-bond donors (Lipinski definition) is 1. The Hall–Kier alpha value is -3.28. The molecule has 1 aliphatic rings. The minimum absolute atomic E-state index is 0.305. The Balaban J connectivity index is 1.87. The second-order valence-corrected chi connectivity index (χ2v) is 5.92. The minimum Gasteiger partial charge on any atom is -0.464 e. The smallest absolute Gasteiger partial charge is 0.359 e. The highest BCUT2D eigenvalue weighted by Crippen LogP contribution is 2.41. The summed E-state index contributed by atoms with van der Waals surface area (Å²) in [7, 11) is 1.35. The van der Waals surface area contributed by atoms with Gasteiger partial charge in [-0.05, 0) is 23.3 Å². The van der Waals surface area contributed by atoms with Gasteiger partial charge in [0.25, 0.3) is 0 Å². The number of hydrogen-bond acceptors (Lipinski definition) is 5. The molecule has 0 unspecified atom stereocenters. The van der Waals surface area contributed by atoms with E-state index in [2.05, 4.69) is 26.2 Å². The third-order valence-corrected chi connectivity index (χ3v) is 4.61. The van der Waals surface area contributed by atoms with Crippen LogP contribution in [0.2, 0.25) is 0 Å². The van der Waals surface area contributed by atoms with Crippen molar-refractivity contribution < 1.29 is 9.53 Å². The SMILES string of the molecule is COC(=O)c1n[nH]c2c1C=CC(c1cccnc1)(c1cccnc1)C2. The molecule has 0 spiro atoms. The number of H-pyrrole nitrogens is 1. The first-order chi connectivity index (χ1) is 12.2. The van der Waals surface area contributed by atoms with Crippen LogP contribution < -0.4 is 0 Å². The zero-order valence-electron chi connectivity index (χ0n) is 13.6. The topological polar surface area (TPSA) is 80.8 Å². The van der Waals surface area contributed by atoms with Gasteiger partial charge >= 0.3 is 5.97 Å². The van der Waals surface area contributed by atoms with Crippen LogP contribution in [0.1, 0.15) is 32.9 Å². The average molecular weight is 332 g/mol. The Morgan fingerprint density at radius 2 is 1.84 bits per heavy atom. The lowest BCUT2D eigenvalue weighted by molar-refractivity contribution is 0.0593. The lowest BCUT2D eigenvalue weighted by atomic mass is 9.69. The number of pyridine rings is 2. The van der Waals surface area contributed by atoms with Gasteiger partial charge in [-0.15, -0.1) is 0 Å². The number of aromatic amines is 1.